The summed E-state index contributed by atoms with van der Waals surface area (Å²) < 4.78 is 0. The highest BCUT2D eigenvalue weighted by Gasteiger charge is 2.61. The quantitative estimate of drug-likeness (QED) is 0.681. The fourth-order valence-electron chi connectivity index (χ4n) is 8.51. The van der Waals surface area contributed by atoms with Gasteiger partial charge in [-0.05, 0) is 92.9 Å². The van der Waals surface area contributed by atoms with Crippen molar-refractivity contribution in [3.63, 3.8) is 0 Å². The number of oxime groups is 1. The van der Waals surface area contributed by atoms with Crippen LogP contribution in [0.4, 0.5) is 0 Å². The van der Waals surface area contributed by atoms with Gasteiger partial charge in [-0.2, -0.15) is 0 Å². The number of nitrogens with zero attached hydrogens (tertiary/aromatic N) is 1. The average Bonchev–Trinajstić information content (AvgIpc) is 3.35. The molecule has 5 rings (SSSR count). The molecule has 1 heterocycles. The van der Waals surface area contributed by atoms with Crippen molar-refractivity contribution in [3.05, 3.63) is 0 Å². The maximum atomic E-state index is 12.7. The van der Waals surface area contributed by atoms with Gasteiger partial charge < -0.3 is 15.3 Å². The number of fused-ring (bicyclic) bond motifs is 5. The third-order valence-corrected chi connectivity index (χ3v) is 10.2. The first-order valence-corrected chi connectivity index (χ1v) is 12.5. The number of aliphatic hydroxyl groups excluding tert-OH is 1. The minimum atomic E-state index is -0.0709. The first-order valence-electron chi connectivity index (χ1n) is 12.5. The third kappa shape index (κ3) is 3.26. The molecule has 4 saturated carbocycles. The standard InChI is InChI=1S/C25H40N2O3/c1-24-9-5-17(27-30-18-7-11-26-15-18)14-22(24)16(8-12-28)13-19-20-3-4-23(29)25(20,2)10-6-21(19)24/h16,18-22,26,28H,3-15H2,1-2H3/b27-17+/t16?,18-,19+,20+,21+,22?,24-,25+/m1/s1. The monoisotopic (exact) mass is 416 g/mol. The highest BCUT2D eigenvalue weighted by Crippen LogP contribution is 2.66. The van der Waals surface area contributed by atoms with Crippen LogP contribution < -0.4 is 5.32 Å². The van der Waals surface area contributed by atoms with Gasteiger partial charge >= 0.3 is 0 Å². The molecular formula is C25H40N2O3. The van der Waals surface area contributed by atoms with E-state index in [1.165, 1.54) is 25.0 Å². The molecule has 5 heteroatoms. The SMILES string of the molecule is C[C@]12CC/C(=N\O[C@@H]3CCNC3)CC1C(CCO)C[C@@H]1[C@@H]2CC[C@]2(C)C(=O)CC[C@@H]12. The fraction of sp³-hybridized carbons (Fsp3) is 0.920. The van der Waals surface area contributed by atoms with Crippen molar-refractivity contribution in [2.24, 2.45) is 45.6 Å². The summed E-state index contributed by atoms with van der Waals surface area (Å²) in [7, 11) is 0. The second-order valence-corrected chi connectivity index (χ2v) is 11.5. The summed E-state index contributed by atoms with van der Waals surface area (Å²) in [5.74, 6) is 3.60. The molecule has 168 valence electrons. The van der Waals surface area contributed by atoms with E-state index >= 15 is 0 Å². The Kier molecular flexibility index (Phi) is 5.50. The molecule has 0 spiro atoms. The van der Waals surface area contributed by atoms with Crippen LogP contribution in [0.2, 0.25) is 0 Å². The van der Waals surface area contributed by atoms with Gasteiger partial charge in [0.1, 0.15) is 11.9 Å². The topological polar surface area (TPSA) is 70.9 Å². The minimum absolute atomic E-state index is 0.0709. The molecule has 8 atom stereocenters. The molecule has 0 aromatic heterocycles. The van der Waals surface area contributed by atoms with Gasteiger partial charge in [0.15, 0.2) is 0 Å². The molecular weight excluding hydrogens is 376 g/mol. The van der Waals surface area contributed by atoms with Crippen molar-refractivity contribution >= 4 is 11.5 Å². The van der Waals surface area contributed by atoms with E-state index in [4.69, 9.17) is 4.84 Å². The zero-order valence-corrected chi connectivity index (χ0v) is 18.9. The van der Waals surface area contributed by atoms with E-state index in [1.807, 2.05) is 0 Å². The normalized spacial score (nSPS) is 49.6. The van der Waals surface area contributed by atoms with Gasteiger partial charge in [-0.3, -0.25) is 4.79 Å². The number of carbonyl (C=O) groups is 1. The number of aliphatic hydroxyl groups is 1. The van der Waals surface area contributed by atoms with E-state index in [1.54, 1.807) is 0 Å². The maximum Gasteiger partial charge on any atom is 0.141 e. The Morgan fingerprint density at radius 1 is 1.13 bits per heavy atom. The molecule has 4 aliphatic carbocycles. The molecule has 0 bridgehead atoms. The maximum absolute atomic E-state index is 12.7. The Morgan fingerprint density at radius 2 is 2.00 bits per heavy atom. The first-order chi connectivity index (χ1) is 14.5. The number of nitrogens with one attached hydrogen (secondary N) is 1. The van der Waals surface area contributed by atoms with Crippen molar-refractivity contribution in [2.75, 3.05) is 19.7 Å². The Labute approximate surface area is 181 Å². The van der Waals surface area contributed by atoms with E-state index < -0.39 is 0 Å². The van der Waals surface area contributed by atoms with Crippen LogP contribution in [0.1, 0.15) is 78.1 Å². The molecule has 1 aliphatic heterocycles. The van der Waals surface area contributed by atoms with E-state index in [0.29, 0.717) is 34.9 Å². The van der Waals surface area contributed by atoms with E-state index in [9.17, 15) is 9.90 Å². The van der Waals surface area contributed by atoms with Crippen LogP contribution in [0.15, 0.2) is 5.16 Å². The Morgan fingerprint density at radius 3 is 2.77 bits per heavy atom. The van der Waals surface area contributed by atoms with Crippen molar-refractivity contribution < 1.29 is 14.7 Å². The molecule has 5 nitrogen and oxygen atoms in total. The zero-order valence-electron chi connectivity index (χ0n) is 18.9. The smallest absolute Gasteiger partial charge is 0.141 e. The van der Waals surface area contributed by atoms with E-state index in [-0.39, 0.29) is 18.1 Å². The second kappa shape index (κ2) is 7.88. The molecule has 1 saturated heterocycles. The number of ketones is 1. The van der Waals surface area contributed by atoms with Gasteiger partial charge in [0, 0.05) is 31.4 Å². The van der Waals surface area contributed by atoms with E-state index in [0.717, 1.165) is 64.0 Å². The molecule has 30 heavy (non-hydrogen) atoms. The lowest BCUT2D eigenvalue weighted by atomic mass is 9.43. The predicted octanol–water partition coefficient (Wildman–Crippen LogP) is 3.94. The van der Waals surface area contributed by atoms with Crippen molar-refractivity contribution in [3.8, 4) is 0 Å². The molecule has 2 N–H and O–H groups in total. The molecule has 2 unspecified atom stereocenters. The minimum Gasteiger partial charge on any atom is -0.396 e. The Hall–Kier alpha value is -0.940. The lowest BCUT2D eigenvalue weighted by molar-refractivity contribution is -0.143. The second-order valence-electron chi connectivity index (χ2n) is 11.5. The summed E-state index contributed by atoms with van der Waals surface area (Å²) in [6, 6.07) is 0. The summed E-state index contributed by atoms with van der Waals surface area (Å²) in [6.45, 7) is 7.01. The van der Waals surface area contributed by atoms with Crippen LogP contribution >= 0.6 is 0 Å². The molecule has 0 aromatic carbocycles. The Bertz CT molecular complexity index is 703. The lowest BCUT2D eigenvalue weighted by Gasteiger charge is -2.62. The highest BCUT2D eigenvalue weighted by atomic mass is 16.6. The number of carbonyl (C=O) groups excluding carboxylic acids is 1. The highest BCUT2D eigenvalue weighted by molar-refractivity contribution is 5.87. The van der Waals surface area contributed by atoms with Crippen LogP contribution in [-0.2, 0) is 9.63 Å². The van der Waals surface area contributed by atoms with Crippen molar-refractivity contribution in [2.45, 2.75) is 84.2 Å². The van der Waals surface area contributed by atoms with Crippen LogP contribution in [0, 0.1) is 40.4 Å². The third-order valence-electron chi connectivity index (χ3n) is 10.2. The Balaban J connectivity index is 1.38. The van der Waals surface area contributed by atoms with Gasteiger partial charge in [-0.15, -0.1) is 0 Å². The van der Waals surface area contributed by atoms with Crippen LogP contribution in [0.5, 0.6) is 0 Å². The molecule has 0 aromatic rings. The molecule has 5 aliphatic rings. The first kappa shape index (κ1) is 20.9. The van der Waals surface area contributed by atoms with Gasteiger partial charge in [-0.1, -0.05) is 19.0 Å². The molecule has 0 radical (unpaired) electrons. The average molecular weight is 417 g/mol. The predicted molar refractivity (Wildman–Crippen MR) is 117 cm³/mol. The van der Waals surface area contributed by atoms with Gasteiger partial charge in [0.25, 0.3) is 0 Å². The van der Waals surface area contributed by atoms with Crippen molar-refractivity contribution in [1.29, 1.82) is 0 Å². The van der Waals surface area contributed by atoms with Gasteiger partial charge in [0.05, 0.1) is 5.71 Å². The van der Waals surface area contributed by atoms with Gasteiger partial charge in [-0.25, -0.2) is 0 Å². The fourth-order valence-corrected chi connectivity index (χ4v) is 8.51. The summed E-state index contributed by atoms with van der Waals surface area (Å²) in [6.07, 6.45) is 10.8. The van der Waals surface area contributed by atoms with E-state index in [2.05, 4.69) is 24.3 Å². The van der Waals surface area contributed by atoms with Crippen molar-refractivity contribution in [1.82, 2.24) is 5.32 Å². The number of rotatable bonds is 4. The molecule has 5 fully saturated rings. The summed E-state index contributed by atoms with van der Waals surface area (Å²) in [4.78, 5) is 18.6. The zero-order chi connectivity index (χ0) is 20.9. The van der Waals surface area contributed by atoms with Gasteiger partial charge in [0.2, 0.25) is 0 Å². The molecule has 0 amide bonds. The number of hydrogen-bond donors (Lipinski definition) is 2. The number of hydrogen-bond acceptors (Lipinski definition) is 5. The largest absolute Gasteiger partial charge is 0.396 e. The summed E-state index contributed by atoms with van der Waals surface area (Å²) in [5, 5.41) is 17.8. The van der Waals surface area contributed by atoms with Crippen LogP contribution in [0.3, 0.4) is 0 Å². The summed E-state index contributed by atoms with van der Waals surface area (Å²) >= 11 is 0. The lowest BCUT2D eigenvalue weighted by Crippen LogP contribution is -2.56. The number of Topliss-reactive ketones (excluding diaryl/α,β-unsaturated/α-hetero) is 1. The van der Waals surface area contributed by atoms with Crippen LogP contribution in [0.25, 0.3) is 0 Å². The summed E-state index contributed by atoms with van der Waals surface area (Å²) in [5.41, 5.74) is 1.48. The van der Waals surface area contributed by atoms with Crippen LogP contribution in [-0.4, -0.2) is 42.4 Å².